The lowest BCUT2D eigenvalue weighted by atomic mass is 10.5. The number of aliphatic hydroxyl groups is 1. The molecule has 0 bridgehead atoms. The van der Waals surface area contributed by atoms with Gasteiger partial charge < -0.3 is 22.0 Å². The minimum atomic E-state index is -3.22. The summed E-state index contributed by atoms with van der Waals surface area (Å²) in [5, 5.41) is 1.94. The highest BCUT2D eigenvalue weighted by molar-refractivity contribution is 8.25. The molecular formula is C5H14Cl7NO3P2. The largest absolute Gasteiger partial charge is 1.00 e. The van der Waals surface area contributed by atoms with Gasteiger partial charge in [0, 0.05) is 0 Å². The van der Waals surface area contributed by atoms with Gasteiger partial charge in [0.2, 0.25) is 0 Å². The Kier molecular flexibility index (Phi) is 20.8. The van der Waals surface area contributed by atoms with E-state index < -0.39 is 10.4 Å². The summed E-state index contributed by atoms with van der Waals surface area (Å²) in [4.78, 5) is 0. The van der Waals surface area contributed by atoms with Gasteiger partial charge in [0.1, 0.15) is 6.54 Å². The number of nitrogens with zero attached hydrogens (tertiary/aromatic N) is 1. The third-order valence-electron chi connectivity index (χ3n) is 0.771. The van der Waals surface area contributed by atoms with Crippen LogP contribution in [-0.2, 0) is 9.13 Å². The van der Waals surface area contributed by atoms with Crippen LogP contribution in [0.4, 0.5) is 0 Å². The van der Waals surface area contributed by atoms with E-state index in [4.69, 9.17) is 5.11 Å². The van der Waals surface area contributed by atoms with E-state index in [1.807, 2.05) is 0 Å². The Bertz CT molecular complexity index is 236. The zero-order valence-corrected chi connectivity index (χ0v) is 16.7. The van der Waals surface area contributed by atoms with Crippen LogP contribution in [0.25, 0.3) is 0 Å². The van der Waals surface area contributed by atoms with Gasteiger partial charge in [0.25, 0.3) is 0 Å². The maximum Gasteiger partial charge on any atom is 0.339 e. The molecule has 0 aliphatic carbocycles. The topological polar surface area (TPSA) is 54.4 Å². The summed E-state index contributed by atoms with van der Waals surface area (Å²) in [6.07, 6.45) is 0. The first-order chi connectivity index (χ1) is 7.06. The molecule has 0 aliphatic rings. The zero-order valence-electron chi connectivity index (χ0n) is 9.67. The van der Waals surface area contributed by atoms with Crippen LogP contribution in [0.5, 0.6) is 0 Å². The minimum Gasteiger partial charge on any atom is -1.00 e. The maximum atomic E-state index is 9.51. The number of quaternary nitrogens is 1. The standard InChI is InChI=1S/C5H14NO.2Cl3OP.ClH/c1-6(2,3)4-5-7;2*1-5(2,3)4;/h7H,4-5H2,1-3H3;;;1H/q+1;;;/p-1. The van der Waals surface area contributed by atoms with E-state index in [9.17, 15) is 9.13 Å². The van der Waals surface area contributed by atoms with E-state index in [1.165, 1.54) is 0 Å². The Balaban J connectivity index is -0.0000000813. The molecule has 0 saturated carbocycles. The van der Waals surface area contributed by atoms with Gasteiger partial charge in [-0.05, 0) is 67.4 Å². The highest BCUT2D eigenvalue weighted by Crippen LogP contribution is 2.61. The molecule has 0 atom stereocenters. The first kappa shape index (κ1) is 28.6. The van der Waals surface area contributed by atoms with Crippen LogP contribution in [0.1, 0.15) is 0 Å². The smallest absolute Gasteiger partial charge is 0.339 e. The fourth-order valence-corrected chi connectivity index (χ4v) is 0.300. The number of hydrogen-bond donors (Lipinski definition) is 1. The van der Waals surface area contributed by atoms with Crippen LogP contribution in [0.2, 0.25) is 0 Å². The van der Waals surface area contributed by atoms with Crippen LogP contribution < -0.4 is 12.4 Å². The zero-order chi connectivity index (χ0) is 14.9. The van der Waals surface area contributed by atoms with Gasteiger partial charge in [0.15, 0.2) is 0 Å². The van der Waals surface area contributed by atoms with Gasteiger partial charge in [-0.15, -0.1) is 0 Å². The van der Waals surface area contributed by atoms with Gasteiger partial charge in [-0.3, -0.25) is 9.13 Å². The molecule has 0 unspecified atom stereocenters. The summed E-state index contributed by atoms with van der Waals surface area (Å²) in [5.41, 5.74) is 0. The summed E-state index contributed by atoms with van der Waals surface area (Å²) < 4.78 is 19.9. The van der Waals surface area contributed by atoms with Crippen molar-refractivity contribution in [2.24, 2.45) is 0 Å². The Labute approximate surface area is 142 Å². The second kappa shape index (κ2) is 13.1. The average molecular weight is 446 g/mol. The van der Waals surface area contributed by atoms with E-state index in [1.54, 1.807) is 0 Å². The van der Waals surface area contributed by atoms with Crippen LogP contribution >= 0.6 is 77.8 Å². The Morgan fingerprint density at radius 2 is 1.06 bits per heavy atom. The predicted octanol–water partition coefficient (Wildman–Crippen LogP) is 2.31. The second-order valence-corrected chi connectivity index (χ2v) is 16.8. The normalized spacial score (nSPS) is 11.2. The van der Waals surface area contributed by atoms with Crippen molar-refractivity contribution in [2.75, 3.05) is 34.3 Å². The monoisotopic (exact) mass is 443 g/mol. The van der Waals surface area contributed by atoms with Crippen molar-refractivity contribution in [2.45, 2.75) is 0 Å². The van der Waals surface area contributed by atoms with Crippen LogP contribution in [0, 0.1) is 0 Å². The summed E-state index contributed by atoms with van der Waals surface area (Å²) in [7, 11) is 6.16. The van der Waals surface area contributed by atoms with Crippen molar-refractivity contribution in [3.8, 4) is 0 Å². The molecule has 0 aromatic carbocycles. The number of halogens is 7. The number of rotatable bonds is 2. The van der Waals surface area contributed by atoms with Gasteiger partial charge in [-0.1, -0.05) is 0 Å². The summed E-state index contributed by atoms with van der Waals surface area (Å²) in [6.45, 7) is 1.11. The van der Waals surface area contributed by atoms with Crippen LogP contribution in [-0.4, -0.2) is 43.9 Å². The molecule has 116 valence electrons. The van der Waals surface area contributed by atoms with Gasteiger partial charge >= 0.3 is 10.4 Å². The van der Waals surface area contributed by atoms with Crippen molar-refractivity contribution >= 4 is 77.8 Å². The van der Waals surface area contributed by atoms with Crippen LogP contribution in [0.3, 0.4) is 0 Å². The second-order valence-electron chi connectivity index (χ2n) is 3.53. The van der Waals surface area contributed by atoms with Gasteiger partial charge in [0.05, 0.1) is 27.7 Å². The molecule has 0 rings (SSSR count). The SMILES string of the molecule is C[N+](C)(C)CCO.O=P(Cl)(Cl)Cl.O=P(Cl)(Cl)Cl.[Cl-]. The highest BCUT2D eigenvalue weighted by atomic mass is 36.1. The molecule has 13 heteroatoms. The third kappa shape index (κ3) is 136. The van der Waals surface area contributed by atoms with Gasteiger partial charge in [-0.25, -0.2) is 0 Å². The van der Waals surface area contributed by atoms with Crippen molar-refractivity contribution in [3.63, 3.8) is 0 Å². The van der Waals surface area contributed by atoms with E-state index in [2.05, 4.69) is 88.6 Å². The minimum absolute atomic E-state index is 0. The first-order valence-electron chi connectivity index (χ1n) is 3.85. The number of hydrogen-bond acceptors (Lipinski definition) is 3. The van der Waals surface area contributed by atoms with E-state index >= 15 is 0 Å². The van der Waals surface area contributed by atoms with Crippen molar-refractivity contribution in [1.29, 1.82) is 0 Å². The lowest BCUT2D eigenvalue weighted by Crippen LogP contribution is -3.00. The quantitative estimate of drug-likeness (QED) is 0.524. The summed E-state index contributed by atoms with van der Waals surface area (Å²) in [6, 6.07) is 0. The van der Waals surface area contributed by atoms with Crippen molar-refractivity contribution < 1.29 is 31.1 Å². The van der Waals surface area contributed by atoms with Crippen molar-refractivity contribution in [1.82, 2.24) is 0 Å². The maximum absolute atomic E-state index is 9.51. The molecule has 1 N–H and O–H groups in total. The van der Waals surface area contributed by atoms with E-state index in [0.717, 1.165) is 11.0 Å². The first-order valence-corrected chi connectivity index (χ1v) is 12.7. The molecular weight excluding hydrogens is 432 g/mol. The van der Waals surface area contributed by atoms with E-state index in [-0.39, 0.29) is 19.0 Å². The van der Waals surface area contributed by atoms with Gasteiger partial charge in [-0.2, -0.15) is 0 Å². The molecule has 0 amide bonds. The van der Waals surface area contributed by atoms with E-state index in [0.29, 0.717) is 0 Å². The number of likely N-dealkylation sites (N-methyl/N-ethyl adjacent to an activating group) is 1. The lowest BCUT2D eigenvalue weighted by Gasteiger charge is -2.21. The van der Waals surface area contributed by atoms with Crippen LogP contribution in [0.15, 0.2) is 0 Å². The predicted molar refractivity (Wildman–Crippen MR) is 80.3 cm³/mol. The third-order valence-corrected chi connectivity index (χ3v) is 0.771. The summed E-state index contributed by atoms with van der Waals surface area (Å²) in [5.74, 6) is 0. The Morgan fingerprint density at radius 3 is 1.06 bits per heavy atom. The molecule has 0 aromatic rings. The molecule has 18 heavy (non-hydrogen) atoms. The highest BCUT2D eigenvalue weighted by Gasteiger charge is 2.03. The summed E-state index contributed by atoms with van der Waals surface area (Å²) >= 11 is 27.7. The molecule has 0 aliphatic heterocycles. The molecule has 0 aromatic heterocycles. The molecule has 0 fully saturated rings. The molecule has 0 spiro atoms. The Hall–Kier alpha value is 2.41. The Morgan fingerprint density at radius 1 is 0.889 bits per heavy atom. The molecule has 0 saturated heterocycles. The van der Waals surface area contributed by atoms with Crippen molar-refractivity contribution in [3.05, 3.63) is 0 Å². The molecule has 0 heterocycles. The fourth-order valence-electron chi connectivity index (χ4n) is 0.300. The molecule has 4 nitrogen and oxygen atoms in total. The average Bonchev–Trinajstić information content (AvgIpc) is 1.73. The number of aliphatic hydroxyl groups excluding tert-OH is 1. The fraction of sp³-hybridized carbons (Fsp3) is 1.00. The molecule has 0 radical (unpaired) electrons. The lowest BCUT2D eigenvalue weighted by molar-refractivity contribution is -0.870.